The van der Waals surface area contributed by atoms with Crippen LogP contribution in [-0.2, 0) is 9.47 Å². The largest absolute Gasteiger partial charge is 0.494 e. The monoisotopic (exact) mass is 606 g/mol. The first-order chi connectivity index (χ1) is 21.7. The second kappa shape index (κ2) is 19.5. The summed E-state index contributed by atoms with van der Waals surface area (Å²) < 4.78 is 22.9. The van der Waals surface area contributed by atoms with Gasteiger partial charge in [-0.3, -0.25) is 0 Å². The van der Waals surface area contributed by atoms with Crippen molar-refractivity contribution in [1.82, 2.24) is 0 Å². The van der Waals surface area contributed by atoms with Gasteiger partial charge in [0.05, 0.1) is 39.6 Å². The van der Waals surface area contributed by atoms with Gasteiger partial charge in [-0.25, -0.2) is 0 Å². The van der Waals surface area contributed by atoms with E-state index in [2.05, 4.69) is 62.4 Å². The summed E-state index contributed by atoms with van der Waals surface area (Å²) in [4.78, 5) is 0. The first kappa shape index (κ1) is 34.8. The number of benzene rings is 2. The standard InChI is InChI=1S/C40H62O4/c1-3-39(31-41-32-39)27-15-11-7-5-9-13-17-29-43-37-23-19-35(20-24-37)36-21-25-38(26-22-36)44-30-18-14-10-6-8-12-16-28-40(4-2)33-42-34-40/h19-26H,3-18,27-34H2,1-2H3. The summed E-state index contributed by atoms with van der Waals surface area (Å²) in [6, 6.07) is 17.0. The lowest BCUT2D eigenvalue weighted by Crippen LogP contribution is -2.41. The van der Waals surface area contributed by atoms with Crippen molar-refractivity contribution in [2.75, 3.05) is 39.6 Å². The fraction of sp³-hybridized carbons (Fsp3) is 0.700. The molecule has 2 saturated heterocycles. The average molecular weight is 607 g/mol. The van der Waals surface area contributed by atoms with Crippen LogP contribution in [0.2, 0.25) is 0 Å². The molecule has 0 unspecified atom stereocenters. The van der Waals surface area contributed by atoms with Crippen LogP contribution in [0.15, 0.2) is 48.5 Å². The zero-order valence-corrected chi connectivity index (χ0v) is 28.2. The zero-order chi connectivity index (χ0) is 30.8. The van der Waals surface area contributed by atoms with Gasteiger partial charge in [-0.15, -0.1) is 0 Å². The van der Waals surface area contributed by atoms with E-state index in [-0.39, 0.29) is 0 Å². The molecule has 0 N–H and O–H groups in total. The quantitative estimate of drug-likeness (QED) is 0.105. The van der Waals surface area contributed by atoms with Crippen LogP contribution in [0.3, 0.4) is 0 Å². The Hall–Kier alpha value is -2.04. The van der Waals surface area contributed by atoms with Crippen LogP contribution in [0.1, 0.15) is 129 Å². The number of ether oxygens (including phenoxy) is 4. The van der Waals surface area contributed by atoms with E-state index in [0.29, 0.717) is 10.8 Å². The molecule has 0 radical (unpaired) electrons. The van der Waals surface area contributed by atoms with Crippen molar-refractivity contribution in [1.29, 1.82) is 0 Å². The minimum atomic E-state index is 0.526. The molecule has 2 aromatic rings. The van der Waals surface area contributed by atoms with Gasteiger partial charge in [0, 0.05) is 10.8 Å². The van der Waals surface area contributed by atoms with Crippen molar-refractivity contribution in [3.05, 3.63) is 48.5 Å². The predicted octanol–water partition coefficient (Wildman–Crippen LogP) is 11.2. The predicted molar refractivity (Wildman–Crippen MR) is 184 cm³/mol. The highest BCUT2D eigenvalue weighted by atomic mass is 16.5. The number of rotatable bonds is 25. The molecule has 0 aliphatic carbocycles. The molecule has 0 bridgehead atoms. The van der Waals surface area contributed by atoms with E-state index < -0.39 is 0 Å². The Bertz CT molecular complexity index is 912. The topological polar surface area (TPSA) is 36.9 Å². The molecule has 4 rings (SSSR count). The van der Waals surface area contributed by atoms with Gasteiger partial charge in [0.15, 0.2) is 0 Å². The van der Waals surface area contributed by atoms with Crippen LogP contribution in [0.5, 0.6) is 11.5 Å². The fourth-order valence-corrected chi connectivity index (χ4v) is 6.67. The highest BCUT2D eigenvalue weighted by molar-refractivity contribution is 5.64. The lowest BCUT2D eigenvalue weighted by molar-refractivity contribution is -0.120. The molecule has 0 amide bonds. The number of hydrogen-bond acceptors (Lipinski definition) is 4. The minimum absolute atomic E-state index is 0.526. The number of hydrogen-bond donors (Lipinski definition) is 0. The van der Waals surface area contributed by atoms with Crippen molar-refractivity contribution in [3.8, 4) is 22.6 Å². The Kier molecular flexibility index (Phi) is 15.4. The summed E-state index contributed by atoms with van der Waals surface area (Å²) in [6.07, 6.45) is 23.6. The molecule has 0 aromatic heterocycles. The van der Waals surface area contributed by atoms with Crippen LogP contribution in [0, 0.1) is 10.8 Å². The van der Waals surface area contributed by atoms with Gasteiger partial charge >= 0.3 is 0 Å². The third kappa shape index (κ3) is 11.7. The molecule has 4 nitrogen and oxygen atoms in total. The lowest BCUT2D eigenvalue weighted by atomic mass is 9.78. The first-order valence-electron chi connectivity index (χ1n) is 18.3. The molecule has 0 spiro atoms. The summed E-state index contributed by atoms with van der Waals surface area (Å²) in [7, 11) is 0. The summed E-state index contributed by atoms with van der Waals surface area (Å²) in [5.41, 5.74) is 3.48. The minimum Gasteiger partial charge on any atom is -0.494 e. The molecule has 2 heterocycles. The van der Waals surface area contributed by atoms with Gasteiger partial charge in [-0.05, 0) is 73.9 Å². The van der Waals surface area contributed by atoms with Gasteiger partial charge in [0.2, 0.25) is 0 Å². The summed E-state index contributed by atoms with van der Waals surface area (Å²) >= 11 is 0. The van der Waals surface area contributed by atoms with Crippen molar-refractivity contribution >= 4 is 0 Å². The second-order valence-electron chi connectivity index (χ2n) is 13.9. The van der Waals surface area contributed by atoms with Crippen molar-refractivity contribution in [2.24, 2.45) is 10.8 Å². The maximum absolute atomic E-state index is 6.01. The molecular weight excluding hydrogens is 544 g/mol. The van der Waals surface area contributed by atoms with Gasteiger partial charge in [0.1, 0.15) is 11.5 Å². The maximum Gasteiger partial charge on any atom is 0.119 e. The van der Waals surface area contributed by atoms with E-state index in [1.807, 2.05) is 0 Å². The normalized spacial score (nSPS) is 16.7. The van der Waals surface area contributed by atoms with Crippen molar-refractivity contribution < 1.29 is 18.9 Å². The average Bonchev–Trinajstić information content (AvgIpc) is 3.02. The number of unbranched alkanes of at least 4 members (excludes halogenated alkanes) is 12. The van der Waals surface area contributed by atoms with E-state index in [1.165, 1.54) is 114 Å². The Morgan fingerprint density at radius 1 is 0.455 bits per heavy atom. The third-order valence-electron chi connectivity index (χ3n) is 10.4. The molecule has 2 aliphatic rings. The van der Waals surface area contributed by atoms with Crippen LogP contribution < -0.4 is 9.47 Å². The molecule has 2 fully saturated rings. The van der Waals surface area contributed by atoms with E-state index in [1.54, 1.807) is 0 Å². The molecule has 246 valence electrons. The molecule has 4 heteroatoms. The van der Waals surface area contributed by atoms with E-state index >= 15 is 0 Å². The smallest absolute Gasteiger partial charge is 0.119 e. The van der Waals surface area contributed by atoms with E-state index in [0.717, 1.165) is 64.0 Å². The Morgan fingerprint density at radius 3 is 1.07 bits per heavy atom. The summed E-state index contributed by atoms with van der Waals surface area (Å²) in [5, 5.41) is 0. The molecule has 2 aliphatic heterocycles. The summed E-state index contributed by atoms with van der Waals surface area (Å²) in [5.74, 6) is 1.93. The van der Waals surface area contributed by atoms with Crippen LogP contribution in [0.4, 0.5) is 0 Å². The van der Waals surface area contributed by atoms with Gasteiger partial charge in [-0.1, -0.05) is 115 Å². The van der Waals surface area contributed by atoms with Gasteiger partial charge in [0.25, 0.3) is 0 Å². The van der Waals surface area contributed by atoms with Crippen LogP contribution in [0.25, 0.3) is 11.1 Å². The van der Waals surface area contributed by atoms with E-state index in [9.17, 15) is 0 Å². The fourth-order valence-electron chi connectivity index (χ4n) is 6.67. The lowest BCUT2D eigenvalue weighted by Gasteiger charge is -2.41. The molecular formula is C40H62O4. The van der Waals surface area contributed by atoms with Gasteiger partial charge in [-0.2, -0.15) is 0 Å². The summed E-state index contributed by atoms with van der Waals surface area (Å²) in [6.45, 7) is 10.2. The first-order valence-corrected chi connectivity index (χ1v) is 18.3. The zero-order valence-electron chi connectivity index (χ0n) is 28.2. The SMILES string of the molecule is CCC1(CCCCCCCCCOc2ccc(-c3ccc(OCCCCCCCCCC4(CC)COC4)cc3)cc2)COC1. The van der Waals surface area contributed by atoms with Crippen molar-refractivity contribution in [2.45, 2.75) is 129 Å². The van der Waals surface area contributed by atoms with E-state index in [4.69, 9.17) is 18.9 Å². The molecule has 2 aromatic carbocycles. The Labute approximate surface area is 269 Å². The maximum atomic E-state index is 6.01. The third-order valence-corrected chi connectivity index (χ3v) is 10.4. The molecule has 44 heavy (non-hydrogen) atoms. The van der Waals surface area contributed by atoms with Gasteiger partial charge < -0.3 is 18.9 Å². The van der Waals surface area contributed by atoms with Crippen LogP contribution in [-0.4, -0.2) is 39.6 Å². The Balaban J connectivity index is 0.967. The molecule has 0 atom stereocenters. The Morgan fingerprint density at radius 2 is 0.773 bits per heavy atom. The van der Waals surface area contributed by atoms with Crippen molar-refractivity contribution in [3.63, 3.8) is 0 Å². The highest BCUT2D eigenvalue weighted by Gasteiger charge is 2.36. The highest BCUT2D eigenvalue weighted by Crippen LogP contribution is 2.37. The second-order valence-corrected chi connectivity index (χ2v) is 13.9. The molecule has 0 saturated carbocycles. The van der Waals surface area contributed by atoms with Crippen LogP contribution >= 0.6 is 0 Å².